The maximum atomic E-state index is 13.8. The molecule has 0 unspecified atom stereocenters. The van der Waals surface area contributed by atoms with E-state index in [4.69, 9.17) is 10.7 Å². The van der Waals surface area contributed by atoms with E-state index < -0.39 is 0 Å². The van der Waals surface area contributed by atoms with E-state index in [-0.39, 0.29) is 11.7 Å². The highest BCUT2D eigenvalue weighted by Gasteiger charge is 2.19. The number of halogens is 1. The number of hydrogen-bond acceptors (Lipinski definition) is 4. The highest BCUT2D eigenvalue weighted by atomic mass is 19.1. The monoisotopic (exact) mass is 430 g/mol. The third kappa shape index (κ3) is 4.72. The number of fused-ring (bicyclic) bond motifs is 1. The number of aromatic amines is 1. The third-order valence-electron chi connectivity index (χ3n) is 5.29. The Labute approximate surface area is 187 Å². The van der Waals surface area contributed by atoms with Gasteiger partial charge in [0, 0.05) is 17.5 Å². The Morgan fingerprint density at radius 2 is 1.81 bits per heavy atom. The minimum Gasteiger partial charge on any atom is -0.494 e. The van der Waals surface area contributed by atoms with E-state index in [0.29, 0.717) is 28.7 Å². The average Bonchev–Trinajstić information content (AvgIpc) is 3.08. The predicted octanol–water partition coefficient (Wildman–Crippen LogP) is 4.74. The second-order valence-electron chi connectivity index (χ2n) is 8.14. The fourth-order valence-electron chi connectivity index (χ4n) is 3.87. The fraction of sp³-hybridized carbons (Fsp3) is 0.192. The van der Waals surface area contributed by atoms with Gasteiger partial charge in [-0.3, -0.25) is 0 Å². The lowest BCUT2D eigenvalue weighted by Crippen LogP contribution is -2.10. The van der Waals surface area contributed by atoms with Gasteiger partial charge in [-0.05, 0) is 74.6 Å². The second-order valence-corrected chi connectivity index (χ2v) is 8.14. The highest BCUT2D eigenvalue weighted by Crippen LogP contribution is 2.32. The number of H-pyrrole nitrogens is 1. The van der Waals surface area contributed by atoms with Gasteiger partial charge in [-0.25, -0.2) is 9.38 Å². The lowest BCUT2D eigenvalue weighted by molar-refractivity contribution is 0.402. The molecule has 0 aliphatic carbocycles. The van der Waals surface area contributed by atoms with E-state index in [0.717, 1.165) is 29.8 Å². The van der Waals surface area contributed by atoms with Crippen LogP contribution in [0, 0.1) is 5.82 Å². The van der Waals surface area contributed by atoms with Gasteiger partial charge >= 0.3 is 0 Å². The Hall–Kier alpha value is -3.48. The van der Waals surface area contributed by atoms with Crippen molar-refractivity contribution < 1.29 is 9.50 Å². The minimum atomic E-state index is -0.370. The van der Waals surface area contributed by atoms with Gasteiger partial charge in [0.1, 0.15) is 5.82 Å². The van der Waals surface area contributed by atoms with Crippen LogP contribution in [0.5, 0.6) is 5.88 Å². The Balaban J connectivity index is 1.87. The number of hydrogen-bond donors (Lipinski definition) is 3. The molecule has 0 bridgehead atoms. The van der Waals surface area contributed by atoms with Gasteiger partial charge in [-0.1, -0.05) is 30.3 Å². The van der Waals surface area contributed by atoms with E-state index in [1.165, 1.54) is 17.7 Å². The maximum absolute atomic E-state index is 13.8. The van der Waals surface area contributed by atoms with Crippen LogP contribution in [-0.2, 0) is 13.0 Å². The molecule has 0 fully saturated rings. The molecule has 164 valence electrons. The van der Waals surface area contributed by atoms with Crippen molar-refractivity contribution in [1.82, 2.24) is 9.88 Å². The van der Waals surface area contributed by atoms with Crippen molar-refractivity contribution in [2.45, 2.75) is 13.0 Å². The van der Waals surface area contributed by atoms with Gasteiger partial charge in [0.2, 0.25) is 0 Å². The molecule has 0 saturated carbocycles. The number of benzene rings is 3. The molecule has 0 amide bonds. The number of nitrogens with one attached hydrogen (secondary N) is 1. The summed E-state index contributed by atoms with van der Waals surface area (Å²) in [7, 11) is 4.06. The van der Waals surface area contributed by atoms with Gasteiger partial charge in [0.05, 0.1) is 22.5 Å². The Kier molecular flexibility index (Phi) is 6.35. The molecule has 32 heavy (non-hydrogen) atoms. The van der Waals surface area contributed by atoms with Crippen LogP contribution >= 0.6 is 0 Å². The first-order valence-electron chi connectivity index (χ1n) is 10.6. The van der Waals surface area contributed by atoms with Gasteiger partial charge in [-0.2, -0.15) is 0 Å². The molecule has 0 saturated heterocycles. The number of rotatable bonds is 7. The smallest absolute Gasteiger partial charge is 0.199 e. The largest absolute Gasteiger partial charge is 0.494 e. The number of aromatic nitrogens is 1. The van der Waals surface area contributed by atoms with E-state index in [9.17, 15) is 9.50 Å². The zero-order valence-electron chi connectivity index (χ0n) is 18.3. The summed E-state index contributed by atoms with van der Waals surface area (Å²) in [4.78, 5) is 9.91. The summed E-state index contributed by atoms with van der Waals surface area (Å²) in [6, 6.07) is 20.4. The SMILES string of the molecule is CN(C)Cc1ccc(N=C(c2cccc(CCN)c2)c2c(O)[nH]c3cc(F)ccc23)cc1. The van der Waals surface area contributed by atoms with Crippen LogP contribution in [0.15, 0.2) is 71.7 Å². The van der Waals surface area contributed by atoms with E-state index in [2.05, 4.69) is 9.88 Å². The first-order chi connectivity index (χ1) is 15.4. The molecule has 1 heterocycles. The molecule has 0 atom stereocenters. The van der Waals surface area contributed by atoms with Crippen LogP contribution < -0.4 is 5.73 Å². The number of aliphatic imine (C=N–C) groups is 1. The highest BCUT2D eigenvalue weighted by molar-refractivity contribution is 6.21. The Morgan fingerprint density at radius 1 is 1.03 bits per heavy atom. The van der Waals surface area contributed by atoms with Crippen LogP contribution in [-0.4, -0.2) is 41.3 Å². The molecule has 1 aromatic heterocycles. The predicted molar refractivity (Wildman–Crippen MR) is 128 cm³/mol. The molecule has 4 aromatic rings. The van der Waals surface area contributed by atoms with Gasteiger partial charge in [0.15, 0.2) is 5.88 Å². The normalized spacial score (nSPS) is 12.1. The molecule has 0 aliphatic heterocycles. The number of nitrogens with zero attached hydrogens (tertiary/aromatic N) is 2. The standard InChI is InChI=1S/C26H27FN4O/c1-31(2)16-18-6-9-21(10-7-18)29-25(19-5-3-4-17(14-19)12-13-28)24-22-11-8-20(27)15-23(22)30-26(24)32/h3-11,14-15,30,32H,12-13,16,28H2,1-2H3. The summed E-state index contributed by atoms with van der Waals surface area (Å²) >= 11 is 0. The second kappa shape index (κ2) is 9.34. The van der Waals surface area contributed by atoms with Crippen molar-refractivity contribution in [3.63, 3.8) is 0 Å². The molecule has 4 N–H and O–H groups in total. The summed E-state index contributed by atoms with van der Waals surface area (Å²) in [5, 5.41) is 11.5. The summed E-state index contributed by atoms with van der Waals surface area (Å²) in [5.74, 6) is -0.414. The lowest BCUT2D eigenvalue weighted by atomic mass is 9.98. The first kappa shape index (κ1) is 21.7. The topological polar surface area (TPSA) is 77.6 Å². The van der Waals surface area contributed by atoms with E-state index in [1.54, 1.807) is 6.07 Å². The molecule has 3 aromatic carbocycles. The molecule has 5 nitrogen and oxygen atoms in total. The zero-order valence-corrected chi connectivity index (χ0v) is 18.3. The van der Waals surface area contributed by atoms with Crippen molar-refractivity contribution >= 4 is 22.3 Å². The van der Waals surface area contributed by atoms with Gasteiger partial charge < -0.3 is 20.7 Å². The molecule has 0 spiro atoms. The van der Waals surface area contributed by atoms with Crippen molar-refractivity contribution in [2.75, 3.05) is 20.6 Å². The summed E-state index contributed by atoms with van der Waals surface area (Å²) in [5.41, 5.74) is 11.3. The van der Waals surface area contributed by atoms with Crippen LogP contribution in [0.2, 0.25) is 0 Å². The fourth-order valence-corrected chi connectivity index (χ4v) is 3.87. The molecular weight excluding hydrogens is 403 g/mol. The molecule has 0 aliphatic rings. The molecular formula is C26H27FN4O. The van der Waals surface area contributed by atoms with E-state index in [1.807, 2.05) is 62.6 Å². The molecule has 6 heteroatoms. The van der Waals surface area contributed by atoms with Crippen molar-refractivity contribution in [3.05, 3.63) is 94.8 Å². The minimum absolute atomic E-state index is 0.0437. The lowest BCUT2D eigenvalue weighted by Gasteiger charge is -2.11. The van der Waals surface area contributed by atoms with Crippen molar-refractivity contribution in [1.29, 1.82) is 0 Å². The van der Waals surface area contributed by atoms with Gasteiger partial charge in [0.25, 0.3) is 0 Å². The van der Waals surface area contributed by atoms with Crippen LogP contribution in [0.25, 0.3) is 10.9 Å². The quantitative estimate of drug-likeness (QED) is 0.371. The molecule has 4 rings (SSSR count). The summed E-state index contributed by atoms with van der Waals surface area (Å²) < 4.78 is 13.8. The van der Waals surface area contributed by atoms with Crippen LogP contribution in [0.1, 0.15) is 22.3 Å². The molecule has 0 radical (unpaired) electrons. The number of aromatic hydroxyl groups is 1. The van der Waals surface area contributed by atoms with Gasteiger partial charge in [-0.15, -0.1) is 0 Å². The maximum Gasteiger partial charge on any atom is 0.199 e. The van der Waals surface area contributed by atoms with Crippen LogP contribution in [0.4, 0.5) is 10.1 Å². The zero-order chi connectivity index (χ0) is 22.7. The summed E-state index contributed by atoms with van der Waals surface area (Å²) in [6.07, 6.45) is 0.741. The Morgan fingerprint density at radius 3 is 2.53 bits per heavy atom. The first-order valence-corrected chi connectivity index (χ1v) is 10.6. The summed E-state index contributed by atoms with van der Waals surface area (Å²) in [6.45, 7) is 1.38. The van der Waals surface area contributed by atoms with E-state index >= 15 is 0 Å². The van der Waals surface area contributed by atoms with Crippen molar-refractivity contribution in [3.8, 4) is 5.88 Å². The third-order valence-corrected chi connectivity index (χ3v) is 5.29. The average molecular weight is 431 g/mol. The van der Waals surface area contributed by atoms with Crippen LogP contribution in [0.3, 0.4) is 0 Å². The van der Waals surface area contributed by atoms with Crippen molar-refractivity contribution in [2.24, 2.45) is 10.7 Å². The number of nitrogens with two attached hydrogens (primary N) is 1. The Bertz CT molecular complexity index is 1260.